The van der Waals surface area contributed by atoms with Gasteiger partial charge in [-0.15, -0.1) is 11.3 Å². The van der Waals surface area contributed by atoms with E-state index in [1.165, 1.54) is 17.7 Å². The molecule has 0 aliphatic heterocycles. The normalized spacial score (nSPS) is 22.5. The maximum Gasteiger partial charge on any atom is 0.317 e. The second kappa shape index (κ2) is 6.37. The zero-order valence-electron chi connectivity index (χ0n) is 12.0. The highest BCUT2D eigenvalue weighted by atomic mass is 32.1. The summed E-state index contributed by atoms with van der Waals surface area (Å²) in [6.07, 6.45) is 6.47. The molecular formula is C14H23N3OS. The first kappa shape index (κ1) is 14.3. The molecule has 1 fully saturated rings. The molecule has 19 heavy (non-hydrogen) atoms. The Kier molecular flexibility index (Phi) is 4.80. The van der Waals surface area contributed by atoms with Crippen LogP contribution in [-0.2, 0) is 13.0 Å². The standard InChI is InChI=1S/C14H23N3OS/c1-4-11-8-15-13(19-11)9-17(3)14(18)16-12-7-5-6-10(12)2/h8,10,12H,4-7,9H2,1-3H3,(H,16,18)/t10-,12-/m0/s1. The Bertz CT molecular complexity index is 432. The number of urea groups is 1. The van der Waals surface area contributed by atoms with Crippen molar-refractivity contribution in [2.45, 2.75) is 52.1 Å². The zero-order chi connectivity index (χ0) is 13.8. The molecule has 0 bridgehead atoms. The number of rotatable bonds is 4. The third-order valence-electron chi connectivity index (χ3n) is 3.84. The fourth-order valence-electron chi connectivity index (χ4n) is 2.49. The minimum absolute atomic E-state index is 0.0204. The van der Waals surface area contributed by atoms with Crippen LogP contribution >= 0.6 is 11.3 Å². The van der Waals surface area contributed by atoms with Crippen LogP contribution in [0.25, 0.3) is 0 Å². The number of amides is 2. The Balaban J connectivity index is 1.84. The molecule has 1 aliphatic carbocycles. The van der Waals surface area contributed by atoms with E-state index in [2.05, 4.69) is 24.1 Å². The molecule has 1 saturated carbocycles. The summed E-state index contributed by atoms with van der Waals surface area (Å²) in [6.45, 7) is 4.93. The lowest BCUT2D eigenvalue weighted by molar-refractivity contribution is 0.200. The second-order valence-corrected chi connectivity index (χ2v) is 6.59. The molecule has 1 N–H and O–H groups in total. The lowest BCUT2D eigenvalue weighted by Gasteiger charge is -2.22. The molecule has 0 spiro atoms. The fourth-order valence-corrected chi connectivity index (χ4v) is 3.40. The summed E-state index contributed by atoms with van der Waals surface area (Å²) < 4.78 is 0. The first-order valence-electron chi connectivity index (χ1n) is 7.05. The Hall–Kier alpha value is -1.10. The van der Waals surface area contributed by atoms with E-state index in [1.54, 1.807) is 16.2 Å². The largest absolute Gasteiger partial charge is 0.335 e. The molecule has 1 heterocycles. The van der Waals surface area contributed by atoms with Gasteiger partial charge in [0.05, 0.1) is 6.54 Å². The summed E-state index contributed by atoms with van der Waals surface area (Å²) in [5, 5.41) is 4.14. The van der Waals surface area contributed by atoms with Crippen LogP contribution in [0.4, 0.5) is 4.79 Å². The predicted molar refractivity (Wildman–Crippen MR) is 78.3 cm³/mol. The van der Waals surface area contributed by atoms with Gasteiger partial charge < -0.3 is 10.2 Å². The van der Waals surface area contributed by atoms with Crippen LogP contribution in [0.1, 0.15) is 43.0 Å². The van der Waals surface area contributed by atoms with Gasteiger partial charge in [0, 0.05) is 24.2 Å². The number of nitrogens with one attached hydrogen (secondary N) is 1. The van der Waals surface area contributed by atoms with Crippen LogP contribution in [0.15, 0.2) is 6.20 Å². The first-order valence-corrected chi connectivity index (χ1v) is 7.87. The van der Waals surface area contributed by atoms with E-state index in [1.807, 2.05) is 13.2 Å². The van der Waals surface area contributed by atoms with Crippen molar-refractivity contribution in [2.75, 3.05) is 7.05 Å². The number of aromatic nitrogens is 1. The highest BCUT2D eigenvalue weighted by molar-refractivity contribution is 7.11. The lowest BCUT2D eigenvalue weighted by atomic mass is 10.1. The third-order valence-corrected chi connectivity index (χ3v) is 4.97. The Labute approximate surface area is 119 Å². The molecule has 106 valence electrons. The molecular weight excluding hydrogens is 258 g/mol. The first-order chi connectivity index (χ1) is 9.10. The van der Waals surface area contributed by atoms with Gasteiger partial charge in [-0.1, -0.05) is 20.3 Å². The molecule has 0 unspecified atom stereocenters. The lowest BCUT2D eigenvalue weighted by Crippen LogP contribution is -2.43. The number of aryl methyl sites for hydroxylation is 1. The highest BCUT2D eigenvalue weighted by Crippen LogP contribution is 2.25. The average Bonchev–Trinajstić information content (AvgIpc) is 2.99. The van der Waals surface area contributed by atoms with Crippen LogP contribution in [0.2, 0.25) is 0 Å². The van der Waals surface area contributed by atoms with Crippen molar-refractivity contribution in [1.29, 1.82) is 0 Å². The quantitative estimate of drug-likeness (QED) is 0.922. The van der Waals surface area contributed by atoms with Gasteiger partial charge in [0.2, 0.25) is 0 Å². The Morgan fingerprint density at radius 1 is 1.58 bits per heavy atom. The van der Waals surface area contributed by atoms with Crippen LogP contribution < -0.4 is 5.32 Å². The zero-order valence-corrected chi connectivity index (χ0v) is 12.8. The topological polar surface area (TPSA) is 45.2 Å². The molecule has 4 nitrogen and oxygen atoms in total. The minimum Gasteiger partial charge on any atom is -0.335 e. The van der Waals surface area contributed by atoms with Crippen LogP contribution in [0, 0.1) is 5.92 Å². The van der Waals surface area contributed by atoms with Gasteiger partial charge in [-0.3, -0.25) is 0 Å². The molecule has 1 aliphatic rings. The molecule has 0 radical (unpaired) electrons. The van der Waals surface area contributed by atoms with Crippen LogP contribution in [0.3, 0.4) is 0 Å². The number of nitrogens with zero attached hydrogens (tertiary/aromatic N) is 2. The molecule has 2 atom stereocenters. The predicted octanol–water partition coefficient (Wildman–Crippen LogP) is 3.04. The van der Waals surface area contributed by atoms with Crippen molar-refractivity contribution in [2.24, 2.45) is 5.92 Å². The van der Waals surface area contributed by atoms with Crippen molar-refractivity contribution in [3.8, 4) is 0 Å². The number of hydrogen-bond donors (Lipinski definition) is 1. The van der Waals surface area contributed by atoms with Crippen molar-refractivity contribution >= 4 is 17.4 Å². The van der Waals surface area contributed by atoms with Crippen molar-refractivity contribution in [1.82, 2.24) is 15.2 Å². The summed E-state index contributed by atoms with van der Waals surface area (Å²) in [7, 11) is 1.84. The summed E-state index contributed by atoms with van der Waals surface area (Å²) in [4.78, 5) is 19.5. The summed E-state index contributed by atoms with van der Waals surface area (Å²) in [6, 6.07) is 0.365. The van der Waals surface area contributed by atoms with E-state index in [-0.39, 0.29) is 6.03 Å². The van der Waals surface area contributed by atoms with Gasteiger partial charge >= 0.3 is 6.03 Å². The van der Waals surface area contributed by atoms with Crippen molar-refractivity contribution in [3.63, 3.8) is 0 Å². The highest BCUT2D eigenvalue weighted by Gasteiger charge is 2.25. The Morgan fingerprint density at radius 2 is 2.37 bits per heavy atom. The fraction of sp³-hybridized carbons (Fsp3) is 0.714. The monoisotopic (exact) mass is 281 g/mol. The molecule has 2 rings (SSSR count). The molecule has 0 aromatic carbocycles. The number of thiazole rings is 1. The van der Waals surface area contributed by atoms with Gasteiger partial charge in [0.1, 0.15) is 5.01 Å². The van der Waals surface area contributed by atoms with Crippen LogP contribution in [-0.4, -0.2) is 29.0 Å². The molecule has 1 aromatic heterocycles. The number of carbonyl (C=O) groups is 1. The summed E-state index contributed by atoms with van der Waals surface area (Å²) in [5.74, 6) is 0.601. The molecule has 1 aromatic rings. The van der Waals surface area contributed by atoms with E-state index in [0.29, 0.717) is 18.5 Å². The second-order valence-electron chi connectivity index (χ2n) is 5.39. The maximum atomic E-state index is 12.1. The van der Waals surface area contributed by atoms with E-state index >= 15 is 0 Å². The molecule has 2 amide bonds. The van der Waals surface area contributed by atoms with Gasteiger partial charge in [-0.2, -0.15) is 0 Å². The number of hydrogen-bond acceptors (Lipinski definition) is 3. The Morgan fingerprint density at radius 3 is 2.95 bits per heavy atom. The van der Waals surface area contributed by atoms with Gasteiger partial charge in [-0.25, -0.2) is 9.78 Å². The summed E-state index contributed by atoms with van der Waals surface area (Å²) >= 11 is 1.69. The van der Waals surface area contributed by atoms with Gasteiger partial charge in [0.15, 0.2) is 0 Å². The minimum atomic E-state index is 0.0204. The van der Waals surface area contributed by atoms with E-state index in [9.17, 15) is 4.79 Å². The SMILES string of the molecule is CCc1cnc(CN(C)C(=O)N[C@H]2CCC[C@@H]2C)s1. The number of carbonyl (C=O) groups excluding carboxylic acids is 1. The maximum absolute atomic E-state index is 12.1. The summed E-state index contributed by atoms with van der Waals surface area (Å²) in [5.41, 5.74) is 0. The third kappa shape index (κ3) is 3.69. The smallest absolute Gasteiger partial charge is 0.317 e. The molecule has 5 heteroatoms. The van der Waals surface area contributed by atoms with Gasteiger partial charge in [-0.05, 0) is 25.2 Å². The molecule has 0 saturated heterocycles. The van der Waals surface area contributed by atoms with E-state index in [4.69, 9.17) is 0 Å². The van der Waals surface area contributed by atoms with Crippen molar-refractivity contribution in [3.05, 3.63) is 16.1 Å². The van der Waals surface area contributed by atoms with Crippen molar-refractivity contribution < 1.29 is 4.79 Å². The average molecular weight is 281 g/mol. The van der Waals surface area contributed by atoms with E-state index < -0.39 is 0 Å². The van der Waals surface area contributed by atoms with E-state index in [0.717, 1.165) is 17.8 Å². The van der Waals surface area contributed by atoms with Crippen LogP contribution in [0.5, 0.6) is 0 Å². The van der Waals surface area contributed by atoms with Gasteiger partial charge in [0.25, 0.3) is 0 Å².